The molecule has 0 bridgehead atoms. The topological polar surface area (TPSA) is 477 Å². The number of hydrogen-bond acceptors (Lipinski definition) is 32. The third-order valence-corrected chi connectivity index (χ3v) is 14.2. The Bertz CT molecular complexity index is 3130. The Morgan fingerprint density at radius 1 is 0.549 bits per heavy atom. The van der Waals surface area contributed by atoms with Crippen LogP contribution in [0, 0.1) is 0 Å². The molecule has 0 radical (unpaired) electrons. The van der Waals surface area contributed by atoms with Crippen molar-refractivity contribution in [2.75, 3.05) is 43.3 Å². The molecule has 0 heterocycles. The van der Waals surface area contributed by atoms with E-state index in [4.69, 9.17) is 16.2 Å². The van der Waals surface area contributed by atoms with Crippen molar-refractivity contribution in [3.05, 3.63) is 60.7 Å². The molecule has 0 aliphatic rings. The number of nitrogen functional groups attached to an aromatic ring is 2. The van der Waals surface area contributed by atoms with Gasteiger partial charge in [0.2, 0.25) is 10.4 Å². The second-order valence-electron chi connectivity index (χ2n) is 11.8. The molecule has 4 aromatic rings. The van der Waals surface area contributed by atoms with Crippen LogP contribution in [-0.2, 0) is 77.4 Å². The van der Waals surface area contributed by atoms with E-state index in [2.05, 4.69) is 57.8 Å². The van der Waals surface area contributed by atoms with Crippen LogP contribution in [-0.4, -0.2) is 87.6 Å². The third kappa shape index (κ3) is 22.5. The molecule has 0 fully saturated rings. The average Bonchev–Trinajstić information content (AvgIpc) is 3.23. The monoisotopic (exact) mass is 1180 g/mol. The van der Waals surface area contributed by atoms with Crippen LogP contribution < -0.4 is 175 Å². The van der Waals surface area contributed by atoms with Crippen molar-refractivity contribution in [2.45, 2.75) is 24.5 Å². The number of nitrogens with zero attached hydrogens (tertiary/aromatic N) is 6. The van der Waals surface area contributed by atoms with Crippen molar-refractivity contribution >= 4 is 120 Å². The van der Waals surface area contributed by atoms with Crippen LogP contribution in [0.3, 0.4) is 0 Å². The van der Waals surface area contributed by atoms with Crippen molar-refractivity contribution in [3.63, 3.8) is 0 Å². The molecule has 0 aliphatic carbocycles. The summed E-state index contributed by atoms with van der Waals surface area (Å²) in [4.78, 5) is -3.65. The minimum Gasteiger partial charge on any atom is -0.744 e. The number of hydrogen-bond donors (Lipinski definition) is 2. The fourth-order valence-electron chi connectivity index (χ4n) is 4.72. The maximum atomic E-state index is 12.8. The molecule has 0 amide bonds. The zero-order valence-electron chi connectivity index (χ0n) is 37.3. The van der Waals surface area contributed by atoms with Gasteiger partial charge >= 0.3 is 148 Å². The second kappa shape index (κ2) is 32.7. The molecule has 30 nitrogen and oxygen atoms in total. The summed E-state index contributed by atoms with van der Waals surface area (Å²) in [5, 5.41) is 50.0. The zero-order chi connectivity index (χ0) is 49.1. The first kappa shape index (κ1) is 73.2. The van der Waals surface area contributed by atoms with Crippen LogP contribution in [0.1, 0.15) is 0 Å². The number of anilines is 2. The Hall–Kier alpha value is 0.0900. The van der Waals surface area contributed by atoms with Gasteiger partial charge in [0.15, 0.2) is 32.0 Å². The van der Waals surface area contributed by atoms with E-state index in [9.17, 15) is 66.3 Å². The molecular weight excluding hydrogens is 1150 g/mol. The molecule has 42 heteroatoms. The van der Waals surface area contributed by atoms with E-state index in [-0.39, 0.29) is 188 Å². The summed E-state index contributed by atoms with van der Waals surface area (Å²) in [6, 6.07) is 8.91. The number of benzene rings is 4. The molecule has 0 aromatic heterocycles. The summed E-state index contributed by atoms with van der Waals surface area (Å²) in [5.74, 6) is -1.88. The average molecular weight is 1180 g/mol. The van der Waals surface area contributed by atoms with E-state index in [0.717, 1.165) is 48.5 Å². The first-order valence-corrected chi connectivity index (χ1v) is 25.5. The smallest absolute Gasteiger partial charge is 0.744 e. The number of methoxy groups -OCH3 is 1. The van der Waals surface area contributed by atoms with E-state index < -0.39 is 134 Å². The number of ether oxygens (including phenoxy) is 1. The summed E-state index contributed by atoms with van der Waals surface area (Å²) < 4.78 is 178. The predicted molar refractivity (Wildman–Crippen MR) is 213 cm³/mol. The molecule has 0 unspecified atom stereocenters. The van der Waals surface area contributed by atoms with Crippen LogP contribution >= 0.6 is 24.4 Å². The standard InChI is InChI=1S/C29H30N8O22S7.5Na/c1-53-16-2-5-20(25(12-16)64(44,45)46)33-35-22-15-23(36-34-21-7-4-18(14-26(21)65(47,48)49)62(40,41)10-8-54-61-59-57-39)28(31)29(27(22)30)37-32-19-6-3-17(13-24(19)60-58-56-38)63(42,43)11-9-55-66(50,51)52;;;;;/h2-7,12-15,38-39H,8-11,30-31H2,1H3,(H,44,45,46)(H,47,48,49)(H,50,51,52);;;;;/q;5*+1/p-5. The van der Waals surface area contributed by atoms with E-state index in [1.54, 1.807) is 0 Å². The van der Waals surface area contributed by atoms with Gasteiger partial charge in [0.1, 0.15) is 60.1 Å². The molecule has 0 saturated heterocycles. The van der Waals surface area contributed by atoms with Gasteiger partial charge in [-0.2, -0.15) is 4.33 Å². The van der Waals surface area contributed by atoms with Gasteiger partial charge in [-0.1, -0.05) is 0 Å². The second-order valence-corrected chi connectivity index (χ2v) is 21.0. The molecule has 360 valence electrons. The Balaban J connectivity index is 0. The van der Waals surface area contributed by atoms with Crippen LogP contribution in [0.5, 0.6) is 5.75 Å². The van der Waals surface area contributed by atoms with Gasteiger partial charge in [-0.25, -0.2) is 42.1 Å². The molecule has 71 heavy (non-hydrogen) atoms. The van der Waals surface area contributed by atoms with Crippen molar-refractivity contribution in [1.82, 2.24) is 0 Å². The van der Waals surface area contributed by atoms with Gasteiger partial charge in [-0.3, -0.25) is 18.4 Å². The molecule has 0 saturated carbocycles. The molecular formula is C29H25N8Na5O22S7. The van der Waals surface area contributed by atoms with Crippen molar-refractivity contribution in [1.29, 1.82) is 0 Å². The van der Waals surface area contributed by atoms with Gasteiger partial charge in [-0.15, -0.1) is 35.0 Å². The van der Waals surface area contributed by atoms with E-state index in [1.165, 1.54) is 13.2 Å². The number of nitrogens with two attached hydrogens (primary N) is 2. The normalized spacial score (nSPS) is 12.1. The maximum absolute atomic E-state index is 12.8. The van der Waals surface area contributed by atoms with Crippen LogP contribution in [0.2, 0.25) is 0 Å². The number of azo groups is 3. The van der Waals surface area contributed by atoms with Gasteiger partial charge in [-0.05, 0) is 60.7 Å². The third-order valence-electron chi connectivity index (χ3n) is 7.68. The summed E-state index contributed by atoms with van der Waals surface area (Å²) in [6.45, 7) is -1.67. The number of rotatable bonds is 24. The molecule has 0 spiro atoms. The zero-order valence-corrected chi connectivity index (χ0v) is 53.0. The fourth-order valence-corrected chi connectivity index (χ4v) is 9.53. The summed E-state index contributed by atoms with van der Waals surface area (Å²) in [5.41, 5.74) is 8.37. The SMILES string of the molecule is COc1ccc(N=Nc2cc(N=Nc3ccc(S(=O)(=O)CCOSOO[O-])cc3S(=O)(=O)[O-])c(N)c(N=Nc3ccc(S(=O)(=O)CCOS(=O)(=O)[O-])cc3SOO[O-])c2N)c(S(=O)(=O)[O-])c1.[Na+].[Na+].[Na+].[Na+].[Na+]. The fraction of sp³-hybridized carbons (Fsp3) is 0.172. The van der Waals surface area contributed by atoms with E-state index >= 15 is 0 Å². The summed E-state index contributed by atoms with van der Waals surface area (Å²) >= 11 is 0.1000. The molecule has 4 N–H and O–H groups in total. The van der Waals surface area contributed by atoms with Gasteiger partial charge in [0.05, 0.1) is 79.7 Å². The van der Waals surface area contributed by atoms with E-state index in [0.29, 0.717) is 6.07 Å². The van der Waals surface area contributed by atoms with Gasteiger partial charge in [0.25, 0.3) is 0 Å². The van der Waals surface area contributed by atoms with E-state index in [1.807, 2.05) is 0 Å². The van der Waals surface area contributed by atoms with Crippen LogP contribution in [0.15, 0.2) is 116 Å². The quantitative estimate of drug-likeness (QED) is 0.00757. The van der Waals surface area contributed by atoms with Crippen LogP contribution in [0.25, 0.3) is 0 Å². The van der Waals surface area contributed by atoms with Gasteiger partial charge < -0.3 is 40.4 Å². The van der Waals surface area contributed by atoms with Crippen molar-refractivity contribution in [2.24, 2.45) is 30.7 Å². The Labute approximate surface area is 523 Å². The molecule has 0 aliphatic heterocycles. The van der Waals surface area contributed by atoms with Crippen LogP contribution in [0.4, 0.5) is 45.5 Å². The first-order valence-electron chi connectivity index (χ1n) is 16.6. The van der Waals surface area contributed by atoms with Crippen molar-refractivity contribution < 1.29 is 246 Å². The minimum absolute atomic E-state index is 0. The summed E-state index contributed by atoms with van der Waals surface area (Å²) in [6.07, 6.45) is 0. The minimum atomic E-state index is -5.52. The maximum Gasteiger partial charge on any atom is 1.00 e. The molecule has 4 aromatic carbocycles. The van der Waals surface area contributed by atoms with Gasteiger partial charge in [0, 0.05) is 0 Å². The molecule has 4 rings (SSSR count). The summed E-state index contributed by atoms with van der Waals surface area (Å²) in [7, 11) is -23.6. The predicted octanol–water partition coefficient (Wildman–Crippen LogP) is -13.0. The largest absolute Gasteiger partial charge is 1.00 e. The number of sulfone groups is 2. The van der Waals surface area contributed by atoms with Crippen molar-refractivity contribution in [3.8, 4) is 5.75 Å². The Morgan fingerprint density at radius 2 is 1.00 bits per heavy atom. The molecule has 0 atom stereocenters. The Kier molecular flexibility index (Phi) is 33.7. The first-order chi connectivity index (χ1) is 30.8. The Morgan fingerprint density at radius 3 is 1.49 bits per heavy atom.